The smallest absolute Gasteiger partial charge is 0.372 e. The first-order chi connectivity index (χ1) is 11.9. The van der Waals surface area contributed by atoms with Crippen LogP contribution in [0.3, 0.4) is 0 Å². The first kappa shape index (κ1) is 26.1. The molecule has 0 bridgehead atoms. The highest BCUT2D eigenvalue weighted by Gasteiger charge is 2.37. The van der Waals surface area contributed by atoms with Crippen molar-refractivity contribution in [3.05, 3.63) is 0 Å². The zero-order valence-electron chi connectivity index (χ0n) is 13.8. The summed E-state index contributed by atoms with van der Waals surface area (Å²) in [7, 11) is 0. The molecule has 0 heterocycles. The summed E-state index contributed by atoms with van der Waals surface area (Å²) >= 11 is 0. The van der Waals surface area contributed by atoms with Gasteiger partial charge in [-0.15, -0.1) is 0 Å². The van der Waals surface area contributed by atoms with Crippen LogP contribution in [0, 0.1) is 0 Å². The van der Waals surface area contributed by atoms with E-state index in [9.17, 15) is 39.6 Å². The number of amides is 1. The molecule has 0 aromatic carbocycles. The Morgan fingerprint density at radius 2 is 1.42 bits per heavy atom. The van der Waals surface area contributed by atoms with Gasteiger partial charge in [0.05, 0.1) is 25.3 Å². The SMILES string of the molecule is CC(=O)N[C@@H]([C@@H](O)[C@H](O)[C@H](O)CO)[C@@H](O)CC(=O)C(=O)O.NCC(=O)O. The van der Waals surface area contributed by atoms with Crippen LogP contribution in [0.4, 0.5) is 0 Å². The maximum absolute atomic E-state index is 11.0. The molecule has 0 saturated carbocycles. The van der Waals surface area contributed by atoms with E-state index < -0.39 is 67.1 Å². The minimum Gasteiger partial charge on any atom is -0.480 e. The number of rotatable bonds is 10. The minimum absolute atomic E-state index is 0.278. The number of hydrogen-bond donors (Lipinski definition) is 9. The van der Waals surface area contributed by atoms with E-state index in [1.807, 2.05) is 5.32 Å². The van der Waals surface area contributed by atoms with Crippen molar-refractivity contribution in [3.63, 3.8) is 0 Å². The van der Waals surface area contributed by atoms with Crippen LogP contribution in [-0.2, 0) is 19.2 Å². The Bertz CT molecular complexity index is 485. The lowest BCUT2D eigenvalue weighted by molar-refractivity contribution is -0.151. The molecule has 10 N–H and O–H groups in total. The molecule has 0 aliphatic carbocycles. The van der Waals surface area contributed by atoms with E-state index in [1.165, 1.54) is 0 Å². The van der Waals surface area contributed by atoms with Gasteiger partial charge in [-0.25, -0.2) is 4.79 Å². The van der Waals surface area contributed by atoms with Crippen molar-refractivity contribution in [1.29, 1.82) is 0 Å². The number of nitrogens with one attached hydrogen (secondary N) is 1. The Kier molecular flexibility index (Phi) is 13.1. The topological polar surface area (TPSA) is 248 Å². The molecule has 0 rings (SSSR count). The van der Waals surface area contributed by atoms with E-state index in [0.29, 0.717) is 0 Å². The zero-order chi connectivity index (χ0) is 21.0. The van der Waals surface area contributed by atoms with Gasteiger partial charge in [-0.2, -0.15) is 0 Å². The van der Waals surface area contributed by atoms with E-state index in [2.05, 4.69) is 5.73 Å². The molecular formula is C13H24N2O11. The third kappa shape index (κ3) is 10.7. The van der Waals surface area contributed by atoms with Crippen LogP contribution in [0.5, 0.6) is 0 Å². The van der Waals surface area contributed by atoms with Gasteiger partial charge in [0.2, 0.25) is 11.7 Å². The summed E-state index contributed by atoms with van der Waals surface area (Å²) in [5.74, 6) is -4.86. The van der Waals surface area contributed by atoms with Crippen molar-refractivity contribution in [2.45, 2.75) is 43.8 Å². The lowest BCUT2D eigenvalue weighted by Gasteiger charge is -2.32. The summed E-state index contributed by atoms with van der Waals surface area (Å²) in [6.45, 7) is -0.143. The highest BCUT2D eigenvalue weighted by Crippen LogP contribution is 2.11. The van der Waals surface area contributed by atoms with E-state index in [-0.39, 0.29) is 6.54 Å². The normalized spacial score (nSPS) is 16.1. The van der Waals surface area contributed by atoms with Gasteiger partial charge in [-0.3, -0.25) is 14.4 Å². The second-order valence-corrected chi connectivity index (χ2v) is 5.06. The first-order valence-corrected chi connectivity index (χ1v) is 7.17. The summed E-state index contributed by atoms with van der Waals surface area (Å²) in [6.07, 6.45) is -8.35. The molecule has 13 nitrogen and oxygen atoms in total. The number of hydrogen-bond acceptors (Lipinski definition) is 10. The van der Waals surface area contributed by atoms with Crippen molar-refractivity contribution in [1.82, 2.24) is 5.32 Å². The quantitative estimate of drug-likeness (QED) is 0.161. The van der Waals surface area contributed by atoms with Crippen LogP contribution in [0.2, 0.25) is 0 Å². The van der Waals surface area contributed by atoms with Crippen LogP contribution in [0.15, 0.2) is 0 Å². The summed E-state index contributed by atoms with van der Waals surface area (Å²) in [5.41, 5.74) is 4.57. The van der Waals surface area contributed by atoms with Crippen molar-refractivity contribution in [2.24, 2.45) is 5.73 Å². The van der Waals surface area contributed by atoms with Crippen LogP contribution >= 0.6 is 0 Å². The molecule has 0 unspecified atom stereocenters. The van der Waals surface area contributed by atoms with Crippen molar-refractivity contribution < 1.29 is 54.9 Å². The molecule has 1 amide bonds. The number of carbonyl (C=O) groups is 4. The number of carboxylic acids is 2. The highest BCUT2D eigenvalue weighted by atomic mass is 16.4. The molecule has 0 aromatic heterocycles. The number of Topliss-reactive ketones (excluding diaryl/α,β-unsaturated/α-hetero) is 1. The van der Waals surface area contributed by atoms with E-state index >= 15 is 0 Å². The average Bonchev–Trinajstić information content (AvgIpc) is 2.57. The number of aliphatic hydroxyl groups excluding tert-OH is 5. The predicted molar refractivity (Wildman–Crippen MR) is 82.7 cm³/mol. The number of carboxylic acid groups (broad SMARTS) is 2. The van der Waals surface area contributed by atoms with Gasteiger partial charge in [0, 0.05) is 13.3 Å². The lowest BCUT2D eigenvalue weighted by atomic mass is 9.94. The largest absolute Gasteiger partial charge is 0.480 e. The molecule has 0 aromatic rings. The first-order valence-electron chi connectivity index (χ1n) is 7.17. The van der Waals surface area contributed by atoms with E-state index in [4.69, 9.17) is 15.3 Å². The fourth-order valence-electron chi connectivity index (χ4n) is 1.60. The fourth-order valence-corrected chi connectivity index (χ4v) is 1.60. The molecule has 0 radical (unpaired) electrons. The van der Waals surface area contributed by atoms with Crippen LogP contribution in [0.25, 0.3) is 0 Å². The number of carbonyl (C=O) groups excluding carboxylic acids is 2. The average molecular weight is 384 g/mol. The van der Waals surface area contributed by atoms with Crippen LogP contribution in [-0.4, -0.2) is 103 Å². The second kappa shape index (κ2) is 13.1. The van der Waals surface area contributed by atoms with E-state index in [1.54, 1.807) is 0 Å². The number of aliphatic hydroxyl groups is 5. The number of ketones is 1. The summed E-state index contributed by atoms with van der Waals surface area (Å²) in [4.78, 5) is 41.7. The molecule has 0 aliphatic heterocycles. The molecule has 0 saturated heterocycles. The second-order valence-electron chi connectivity index (χ2n) is 5.06. The zero-order valence-corrected chi connectivity index (χ0v) is 13.8. The molecular weight excluding hydrogens is 360 g/mol. The van der Waals surface area contributed by atoms with Gasteiger partial charge in [-0.05, 0) is 0 Å². The van der Waals surface area contributed by atoms with Crippen LogP contribution in [0.1, 0.15) is 13.3 Å². The molecule has 0 spiro atoms. The summed E-state index contributed by atoms with van der Waals surface area (Å²) in [5, 5.41) is 65.0. The molecule has 152 valence electrons. The minimum atomic E-state index is -1.94. The van der Waals surface area contributed by atoms with Crippen LogP contribution < -0.4 is 11.1 Å². The van der Waals surface area contributed by atoms with Crippen molar-refractivity contribution >= 4 is 23.6 Å². The van der Waals surface area contributed by atoms with Gasteiger partial charge in [0.15, 0.2) is 0 Å². The third-order valence-electron chi connectivity index (χ3n) is 2.89. The Morgan fingerprint density at radius 1 is 0.962 bits per heavy atom. The Hall–Kier alpha value is -2.16. The summed E-state index contributed by atoms with van der Waals surface area (Å²) in [6, 6.07) is -1.61. The standard InChI is InChI=1S/C11H19NO9.C2H5NO2/c1-4(14)12-8(5(15)2-6(16)11(20)21)10(19)9(18)7(17)3-13;3-1-2(4)5/h5,7-10,13,15,17-19H,2-3H2,1H3,(H,12,14)(H,20,21);1,3H2,(H,4,5)/t5-,7+,8+,9+,10+;/m0./s1. The number of nitrogens with two attached hydrogens (primary N) is 1. The Balaban J connectivity index is 0. The van der Waals surface area contributed by atoms with Gasteiger partial charge in [0.25, 0.3) is 0 Å². The lowest BCUT2D eigenvalue weighted by Crippen LogP contribution is -2.57. The van der Waals surface area contributed by atoms with Gasteiger partial charge >= 0.3 is 11.9 Å². The monoisotopic (exact) mass is 384 g/mol. The summed E-state index contributed by atoms with van der Waals surface area (Å²) < 4.78 is 0. The van der Waals surface area contributed by atoms with Gasteiger partial charge < -0.3 is 46.8 Å². The molecule has 0 aliphatic rings. The molecule has 26 heavy (non-hydrogen) atoms. The van der Waals surface area contributed by atoms with Crippen molar-refractivity contribution in [2.75, 3.05) is 13.2 Å². The third-order valence-corrected chi connectivity index (χ3v) is 2.89. The van der Waals surface area contributed by atoms with Gasteiger partial charge in [0.1, 0.15) is 18.3 Å². The van der Waals surface area contributed by atoms with Gasteiger partial charge in [-0.1, -0.05) is 0 Å². The maximum Gasteiger partial charge on any atom is 0.372 e. The van der Waals surface area contributed by atoms with Crippen molar-refractivity contribution in [3.8, 4) is 0 Å². The molecule has 0 fully saturated rings. The molecule has 13 heteroatoms. The Morgan fingerprint density at radius 3 is 1.73 bits per heavy atom. The Labute approximate surface area is 147 Å². The molecule has 5 atom stereocenters. The number of aliphatic carboxylic acids is 2. The fraction of sp³-hybridized carbons (Fsp3) is 0.692. The van der Waals surface area contributed by atoms with E-state index in [0.717, 1.165) is 6.92 Å². The predicted octanol–water partition coefficient (Wildman–Crippen LogP) is -5.00. The maximum atomic E-state index is 11.0. The highest BCUT2D eigenvalue weighted by molar-refractivity contribution is 6.32.